The van der Waals surface area contributed by atoms with E-state index in [1.165, 1.54) is 0 Å². The molecule has 146 valence electrons. The van der Waals surface area contributed by atoms with E-state index in [9.17, 15) is 9.59 Å². The summed E-state index contributed by atoms with van der Waals surface area (Å²) >= 11 is 0. The number of nitrogens with one attached hydrogen (secondary N) is 1. The van der Waals surface area contributed by atoms with Crippen LogP contribution >= 0.6 is 0 Å². The van der Waals surface area contributed by atoms with Gasteiger partial charge in [-0.1, -0.05) is 13.0 Å². The lowest BCUT2D eigenvalue weighted by molar-refractivity contribution is 0.0640. The topological polar surface area (TPSA) is 83.1 Å². The summed E-state index contributed by atoms with van der Waals surface area (Å²) in [5, 5.41) is 2.79. The Labute approximate surface area is 162 Å². The molecule has 28 heavy (non-hydrogen) atoms. The number of furan rings is 1. The minimum Gasteiger partial charge on any atom is -0.467 e. The average Bonchev–Trinajstić information content (AvgIpc) is 3.39. The normalized spacial score (nSPS) is 15.1. The van der Waals surface area contributed by atoms with Gasteiger partial charge in [0.15, 0.2) is 5.69 Å². The summed E-state index contributed by atoms with van der Waals surface area (Å²) in [6.45, 7) is 6.39. The molecule has 1 saturated heterocycles. The van der Waals surface area contributed by atoms with Crippen LogP contribution in [0.25, 0.3) is 5.52 Å². The zero-order valence-electron chi connectivity index (χ0n) is 15.8. The zero-order valence-corrected chi connectivity index (χ0v) is 15.8. The molecule has 0 saturated carbocycles. The van der Waals surface area contributed by atoms with Crippen molar-refractivity contribution in [3.8, 4) is 0 Å². The second kappa shape index (κ2) is 7.85. The number of carbonyl (C=O) groups excluding carboxylic acids is 2. The van der Waals surface area contributed by atoms with E-state index in [2.05, 4.69) is 22.1 Å². The highest BCUT2D eigenvalue weighted by Crippen LogP contribution is 2.17. The third kappa shape index (κ3) is 3.50. The van der Waals surface area contributed by atoms with E-state index in [4.69, 9.17) is 4.42 Å². The zero-order chi connectivity index (χ0) is 19.5. The third-order valence-electron chi connectivity index (χ3n) is 5.06. The van der Waals surface area contributed by atoms with E-state index < -0.39 is 0 Å². The summed E-state index contributed by atoms with van der Waals surface area (Å²) in [7, 11) is 0. The van der Waals surface area contributed by atoms with Crippen LogP contribution in [0.3, 0.4) is 0 Å². The van der Waals surface area contributed by atoms with Crippen molar-refractivity contribution >= 4 is 17.3 Å². The monoisotopic (exact) mass is 381 g/mol. The highest BCUT2D eigenvalue weighted by Gasteiger charge is 2.27. The maximum absolute atomic E-state index is 13.1. The lowest BCUT2D eigenvalue weighted by atomic mass is 10.2. The predicted octanol–water partition coefficient (Wildman–Crippen LogP) is 1.63. The molecule has 0 unspecified atom stereocenters. The first-order valence-corrected chi connectivity index (χ1v) is 9.46. The van der Waals surface area contributed by atoms with Gasteiger partial charge in [-0.3, -0.25) is 14.0 Å². The van der Waals surface area contributed by atoms with E-state index in [1.807, 2.05) is 23.1 Å². The van der Waals surface area contributed by atoms with Gasteiger partial charge in [0.25, 0.3) is 11.8 Å². The smallest absolute Gasteiger partial charge is 0.288 e. The number of likely N-dealkylation sites (N-methyl/N-ethyl adjacent to an activating group) is 1. The largest absolute Gasteiger partial charge is 0.467 e. The van der Waals surface area contributed by atoms with Gasteiger partial charge >= 0.3 is 0 Å². The molecule has 4 rings (SSSR count). The first-order chi connectivity index (χ1) is 13.7. The molecule has 8 heteroatoms. The molecule has 1 aliphatic rings. The van der Waals surface area contributed by atoms with Gasteiger partial charge in [-0.15, -0.1) is 0 Å². The standard InChI is InChI=1S/C20H23N5O3/c1-2-23-9-11-24(12-10-23)20(27)17-16-7-3-4-8-25(16)18(22-17)19(26)21-14-15-6-5-13-28-15/h3-8,13H,2,9-12,14H2,1H3,(H,21,26). The molecule has 0 atom stereocenters. The van der Waals surface area contributed by atoms with Crippen LogP contribution in [0.2, 0.25) is 0 Å². The van der Waals surface area contributed by atoms with Crippen molar-refractivity contribution in [1.82, 2.24) is 24.5 Å². The number of aromatic nitrogens is 2. The van der Waals surface area contributed by atoms with Crippen molar-refractivity contribution in [2.75, 3.05) is 32.7 Å². The lowest BCUT2D eigenvalue weighted by Gasteiger charge is -2.33. The molecule has 3 aromatic rings. The highest BCUT2D eigenvalue weighted by molar-refractivity contribution is 6.02. The van der Waals surface area contributed by atoms with Gasteiger partial charge in [-0.25, -0.2) is 4.98 Å². The van der Waals surface area contributed by atoms with Crippen molar-refractivity contribution in [2.24, 2.45) is 0 Å². The fourth-order valence-corrected chi connectivity index (χ4v) is 3.43. The Morgan fingerprint density at radius 1 is 1.14 bits per heavy atom. The lowest BCUT2D eigenvalue weighted by Crippen LogP contribution is -2.48. The molecule has 2 amide bonds. The maximum atomic E-state index is 13.1. The number of hydrogen-bond donors (Lipinski definition) is 1. The number of pyridine rings is 1. The van der Waals surface area contributed by atoms with Gasteiger partial charge in [0, 0.05) is 32.4 Å². The Morgan fingerprint density at radius 3 is 2.68 bits per heavy atom. The van der Waals surface area contributed by atoms with E-state index in [-0.39, 0.29) is 24.2 Å². The van der Waals surface area contributed by atoms with E-state index in [0.717, 1.165) is 19.6 Å². The summed E-state index contributed by atoms with van der Waals surface area (Å²) in [5.74, 6) is 0.356. The summed E-state index contributed by atoms with van der Waals surface area (Å²) in [6.07, 6.45) is 3.30. The summed E-state index contributed by atoms with van der Waals surface area (Å²) in [4.78, 5) is 34.3. The molecule has 1 N–H and O–H groups in total. The number of amides is 2. The van der Waals surface area contributed by atoms with Crippen molar-refractivity contribution in [3.63, 3.8) is 0 Å². The first kappa shape index (κ1) is 18.2. The van der Waals surface area contributed by atoms with Crippen LogP contribution in [0.1, 0.15) is 33.8 Å². The fraction of sp³-hybridized carbons (Fsp3) is 0.350. The van der Waals surface area contributed by atoms with Crippen molar-refractivity contribution in [3.05, 3.63) is 60.1 Å². The van der Waals surface area contributed by atoms with Crippen LogP contribution < -0.4 is 5.32 Å². The van der Waals surface area contributed by atoms with Gasteiger partial charge in [0.1, 0.15) is 5.76 Å². The van der Waals surface area contributed by atoms with E-state index in [0.29, 0.717) is 30.1 Å². The molecule has 0 aromatic carbocycles. The summed E-state index contributed by atoms with van der Waals surface area (Å²) in [6, 6.07) is 9.02. The van der Waals surface area contributed by atoms with Crippen molar-refractivity contribution in [1.29, 1.82) is 0 Å². The molecular weight excluding hydrogens is 358 g/mol. The molecule has 4 heterocycles. The molecule has 0 spiro atoms. The highest BCUT2D eigenvalue weighted by atomic mass is 16.3. The second-order valence-electron chi connectivity index (χ2n) is 6.73. The maximum Gasteiger partial charge on any atom is 0.288 e. The van der Waals surface area contributed by atoms with Crippen LogP contribution in [0, 0.1) is 0 Å². The van der Waals surface area contributed by atoms with Crippen LogP contribution in [0.4, 0.5) is 0 Å². The van der Waals surface area contributed by atoms with Crippen molar-refractivity contribution in [2.45, 2.75) is 13.5 Å². The first-order valence-electron chi connectivity index (χ1n) is 9.46. The Kier molecular flexibility index (Phi) is 5.12. The van der Waals surface area contributed by atoms with Crippen LogP contribution in [0.15, 0.2) is 47.2 Å². The van der Waals surface area contributed by atoms with Gasteiger partial charge in [0.2, 0.25) is 5.82 Å². The number of nitrogens with zero attached hydrogens (tertiary/aromatic N) is 4. The average molecular weight is 381 g/mol. The molecule has 8 nitrogen and oxygen atoms in total. The number of imidazole rings is 1. The molecule has 0 bridgehead atoms. The van der Waals surface area contributed by atoms with Gasteiger partial charge in [-0.2, -0.15) is 0 Å². The Bertz CT molecular complexity index is 971. The SMILES string of the molecule is CCN1CCN(C(=O)c2nc(C(=O)NCc3ccco3)n3ccccc23)CC1. The van der Waals surface area contributed by atoms with E-state index >= 15 is 0 Å². The molecule has 0 aliphatic carbocycles. The number of rotatable bonds is 5. The minimum absolute atomic E-state index is 0.135. The van der Waals surface area contributed by atoms with Crippen molar-refractivity contribution < 1.29 is 14.0 Å². The Balaban J connectivity index is 1.57. The number of carbonyl (C=O) groups is 2. The van der Waals surface area contributed by atoms with Crippen LogP contribution in [0.5, 0.6) is 0 Å². The molecule has 1 fully saturated rings. The Morgan fingerprint density at radius 2 is 1.96 bits per heavy atom. The van der Waals surface area contributed by atoms with Crippen LogP contribution in [-0.2, 0) is 6.54 Å². The third-order valence-corrected chi connectivity index (χ3v) is 5.06. The number of fused-ring (bicyclic) bond motifs is 1. The summed E-state index contributed by atoms with van der Waals surface area (Å²) < 4.78 is 6.90. The predicted molar refractivity (Wildman–Crippen MR) is 103 cm³/mol. The molecular formula is C20H23N5O3. The van der Waals surface area contributed by atoms with Gasteiger partial charge < -0.3 is 19.5 Å². The van der Waals surface area contributed by atoms with Gasteiger partial charge in [-0.05, 0) is 30.8 Å². The molecule has 0 radical (unpaired) electrons. The number of hydrogen-bond acceptors (Lipinski definition) is 5. The quantitative estimate of drug-likeness (QED) is 0.726. The van der Waals surface area contributed by atoms with E-state index in [1.54, 1.807) is 29.0 Å². The second-order valence-corrected chi connectivity index (χ2v) is 6.73. The molecule has 1 aliphatic heterocycles. The fourth-order valence-electron chi connectivity index (χ4n) is 3.43. The van der Waals surface area contributed by atoms with Gasteiger partial charge in [0.05, 0.1) is 18.3 Å². The van der Waals surface area contributed by atoms with Crippen LogP contribution in [-0.4, -0.2) is 63.7 Å². The minimum atomic E-state index is -0.354. The Hall–Kier alpha value is -3.13. The number of piperazine rings is 1. The molecule has 3 aromatic heterocycles. The summed E-state index contributed by atoms with van der Waals surface area (Å²) in [5.41, 5.74) is 0.947.